The fraction of sp³-hybridized carbons (Fsp3) is 0.500. The first kappa shape index (κ1) is 9.08. The summed E-state index contributed by atoms with van der Waals surface area (Å²) in [7, 11) is 0. The van der Waals surface area contributed by atoms with Crippen LogP contribution in [0.5, 0.6) is 0 Å². The van der Waals surface area contributed by atoms with Crippen molar-refractivity contribution in [3.8, 4) is 0 Å². The van der Waals surface area contributed by atoms with Crippen LogP contribution in [0.25, 0.3) is 0 Å². The third kappa shape index (κ3) is 1.48. The first-order chi connectivity index (χ1) is 6.20. The van der Waals surface area contributed by atoms with Crippen molar-refractivity contribution in [2.75, 3.05) is 0 Å². The molecule has 1 aliphatic rings. The summed E-state index contributed by atoms with van der Waals surface area (Å²) in [6.45, 7) is 4.50. The van der Waals surface area contributed by atoms with Gasteiger partial charge in [0, 0.05) is 5.02 Å². The lowest BCUT2D eigenvalue weighted by Gasteiger charge is -2.12. The molecule has 0 N–H and O–H groups in total. The van der Waals surface area contributed by atoms with Crippen LogP contribution in [-0.4, -0.2) is 0 Å². The van der Waals surface area contributed by atoms with E-state index in [1.807, 2.05) is 0 Å². The Morgan fingerprint density at radius 1 is 1.15 bits per heavy atom. The van der Waals surface area contributed by atoms with Gasteiger partial charge in [-0.25, -0.2) is 0 Å². The highest BCUT2D eigenvalue weighted by molar-refractivity contribution is 6.31. The van der Waals surface area contributed by atoms with Gasteiger partial charge in [-0.05, 0) is 47.9 Å². The second kappa shape index (κ2) is 3.34. The van der Waals surface area contributed by atoms with Gasteiger partial charge >= 0.3 is 0 Å². The second-order valence-corrected chi connectivity index (χ2v) is 4.51. The molecule has 1 heteroatoms. The van der Waals surface area contributed by atoms with Crippen LogP contribution in [0, 0.1) is 0 Å². The predicted molar refractivity (Wildman–Crippen MR) is 57.6 cm³/mol. The quantitative estimate of drug-likeness (QED) is 0.635. The molecular formula is C12H15Cl. The number of hydrogen-bond donors (Lipinski definition) is 0. The average Bonchev–Trinajstić information content (AvgIpc) is 2.53. The van der Waals surface area contributed by atoms with Gasteiger partial charge in [0.15, 0.2) is 0 Å². The zero-order chi connectivity index (χ0) is 9.42. The lowest BCUT2D eigenvalue weighted by molar-refractivity contribution is 0.838. The molecule has 0 unspecified atom stereocenters. The predicted octanol–water partition coefficient (Wildman–Crippen LogP) is 3.95. The first-order valence-corrected chi connectivity index (χ1v) is 5.38. The zero-order valence-electron chi connectivity index (χ0n) is 8.23. The van der Waals surface area contributed by atoms with E-state index in [-0.39, 0.29) is 0 Å². The first-order valence-electron chi connectivity index (χ1n) is 5.00. The topological polar surface area (TPSA) is 0 Å². The minimum absolute atomic E-state index is 0.629. The molecule has 0 atom stereocenters. The molecule has 0 bridgehead atoms. The van der Waals surface area contributed by atoms with Crippen molar-refractivity contribution >= 4 is 11.6 Å². The summed E-state index contributed by atoms with van der Waals surface area (Å²) in [6, 6.07) is 4.25. The molecular weight excluding hydrogens is 180 g/mol. The van der Waals surface area contributed by atoms with Crippen molar-refractivity contribution in [2.24, 2.45) is 0 Å². The van der Waals surface area contributed by atoms with Crippen LogP contribution >= 0.6 is 11.6 Å². The van der Waals surface area contributed by atoms with Crippen LogP contribution in [-0.2, 0) is 12.8 Å². The number of hydrogen-bond acceptors (Lipinski definition) is 0. The molecule has 0 heterocycles. The minimum Gasteiger partial charge on any atom is -0.0840 e. The Morgan fingerprint density at radius 3 is 2.54 bits per heavy atom. The maximum Gasteiger partial charge on any atom is 0.0440 e. The highest BCUT2D eigenvalue weighted by atomic mass is 35.5. The Labute approximate surface area is 84.9 Å². The van der Waals surface area contributed by atoms with E-state index in [2.05, 4.69) is 26.0 Å². The van der Waals surface area contributed by atoms with E-state index in [0.717, 1.165) is 5.02 Å². The van der Waals surface area contributed by atoms with Crippen molar-refractivity contribution in [3.63, 3.8) is 0 Å². The van der Waals surface area contributed by atoms with Crippen molar-refractivity contribution in [1.29, 1.82) is 0 Å². The van der Waals surface area contributed by atoms with E-state index in [4.69, 9.17) is 11.6 Å². The molecule has 0 spiro atoms. The molecule has 1 aromatic carbocycles. The molecule has 70 valence electrons. The molecule has 1 aliphatic carbocycles. The van der Waals surface area contributed by atoms with Gasteiger partial charge in [-0.15, -0.1) is 0 Å². The molecule has 0 amide bonds. The van der Waals surface area contributed by atoms with E-state index in [1.165, 1.54) is 36.0 Å². The molecule has 0 aromatic heterocycles. The van der Waals surface area contributed by atoms with E-state index < -0.39 is 0 Å². The summed E-state index contributed by atoms with van der Waals surface area (Å²) in [5.74, 6) is 0.629. The fourth-order valence-electron chi connectivity index (χ4n) is 2.23. The molecule has 0 nitrogen and oxygen atoms in total. The highest BCUT2D eigenvalue weighted by Gasteiger charge is 2.18. The summed E-state index contributed by atoms with van der Waals surface area (Å²) < 4.78 is 0. The summed E-state index contributed by atoms with van der Waals surface area (Å²) in [6.07, 6.45) is 3.68. The maximum absolute atomic E-state index is 6.15. The van der Waals surface area contributed by atoms with Crippen LogP contribution in [0.3, 0.4) is 0 Å². The van der Waals surface area contributed by atoms with Crippen LogP contribution in [0.15, 0.2) is 12.1 Å². The van der Waals surface area contributed by atoms with Crippen LogP contribution in [0.4, 0.5) is 0 Å². The minimum atomic E-state index is 0.629. The van der Waals surface area contributed by atoms with Gasteiger partial charge in [0.1, 0.15) is 0 Å². The molecule has 0 saturated carbocycles. The van der Waals surface area contributed by atoms with E-state index in [0.29, 0.717) is 5.92 Å². The molecule has 0 aliphatic heterocycles. The summed E-state index contributed by atoms with van der Waals surface area (Å²) in [5.41, 5.74) is 4.44. The summed E-state index contributed by atoms with van der Waals surface area (Å²) >= 11 is 6.15. The van der Waals surface area contributed by atoms with E-state index >= 15 is 0 Å². The molecule has 0 radical (unpaired) electrons. The molecule has 0 fully saturated rings. The standard InChI is InChI=1S/C12H15Cl/c1-8(2)9-6-7-12(13)11-5-3-4-10(9)11/h6-8H,3-5H2,1-2H3. The van der Waals surface area contributed by atoms with Crippen molar-refractivity contribution in [1.82, 2.24) is 0 Å². The van der Waals surface area contributed by atoms with E-state index in [1.54, 1.807) is 0 Å². The summed E-state index contributed by atoms with van der Waals surface area (Å²) in [4.78, 5) is 0. The van der Waals surface area contributed by atoms with Gasteiger partial charge < -0.3 is 0 Å². The van der Waals surface area contributed by atoms with Crippen molar-refractivity contribution in [3.05, 3.63) is 33.8 Å². The third-order valence-electron chi connectivity index (χ3n) is 2.89. The number of halogens is 1. The van der Waals surface area contributed by atoms with Crippen LogP contribution < -0.4 is 0 Å². The number of fused-ring (bicyclic) bond motifs is 1. The summed E-state index contributed by atoms with van der Waals surface area (Å²) in [5, 5.41) is 0.969. The maximum atomic E-state index is 6.15. The Bertz CT molecular complexity index is 326. The fourth-order valence-corrected chi connectivity index (χ4v) is 2.50. The smallest absolute Gasteiger partial charge is 0.0440 e. The Balaban J connectivity index is 2.56. The Morgan fingerprint density at radius 2 is 1.85 bits per heavy atom. The normalized spacial score (nSPS) is 15.1. The van der Waals surface area contributed by atoms with Gasteiger partial charge in [0.2, 0.25) is 0 Å². The number of rotatable bonds is 1. The molecule has 1 aromatic rings. The monoisotopic (exact) mass is 194 g/mol. The van der Waals surface area contributed by atoms with Gasteiger partial charge in [-0.3, -0.25) is 0 Å². The Kier molecular flexibility index (Phi) is 2.33. The molecule has 13 heavy (non-hydrogen) atoms. The van der Waals surface area contributed by atoms with E-state index in [9.17, 15) is 0 Å². The van der Waals surface area contributed by atoms with Crippen LogP contribution in [0.1, 0.15) is 42.9 Å². The van der Waals surface area contributed by atoms with Gasteiger partial charge in [-0.2, -0.15) is 0 Å². The average molecular weight is 195 g/mol. The highest BCUT2D eigenvalue weighted by Crippen LogP contribution is 2.34. The third-order valence-corrected chi connectivity index (χ3v) is 3.24. The lowest BCUT2D eigenvalue weighted by atomic mass is 9.95. The lowest BCUT2D eigenvalue weighted by Crippen LogP contribution is -1.95. The van der Waals surface area contributed by atoms with Gasteiger partial charge in [0.25, 0.3) is 0 Å². The second-order valence-electron chi connectivity index (χ2n) is 4.10. The Hall–Kier alpha value is -0.490. The van der Waals surface area contributed by atoms with Gasteiger partial charge in [0.05, 0.1) is 0 Å². The molecule has 0 saturated heterocycles. The van der Waals surface area contributed by atoms with Gasteiger partial charge in [-0.1, -0.05) is 31.5 Å². The zero-order valence-corrected chi connectivity index (χ0v) is 8.99. The number of benzene rings is 1. The molecule has 2 rings (SSSR count). The van der Waals surface area contributed by atoms with Crippen molar-refractivity contribution in [2.45, 2.75) is 39.0 Å². The van der Waals surface area contributed by atoms with Crippen LogP contribution in [0.2, 0.25) is 5.02 Å². The van der Waals surface area contributed by atoms with Crippen molar-refractivity contribution < 1.29 is 0 Å². The largest absolute Gasteiger partial charge is 0.0840 e. The SMILES string of the molecule is CC(C)c1ccc(Cl)c2c1CCC2.